The molecule has 0 aromatic heterocycles. The van der Waals surface area contributed by atoms with Crippen molar-refractivity contribution in [3.8, 4) is 11.5 Å². The molecular weight excluding hydrogens is 348 g/mol. The van der Waals surface area contributed by atoms with Gasteiger partial charge in [-0.05, 0) is 36.6 Å². The van der Waals surface area contributed by atoms with Crippen molar-refractivity contribution in [3.05, 3.63) is 23.3 Å². The average molecular weight is 378 g/mol. The Morgan fingerprint density at radius 2 is 1.89 bits per heavy atom. The Labute approximate surface area is 161 Å². The van der Waals surface area contributed by atoms with Crippen molar-refractivity contribution in [2.75, 3.05) is 28.1 Å². The lowest BCUT2D eigenvalue weighted by Gasteiger charge is -2.55. The van der Waals surface area contributed by atoms with Crippen LogP contribution in [-0.2, 0) is 32.0 Å². The summed E-state index contributed by atoms with van der Waals surface area (Å²) in [5, 5.41) is 0. The number of rotatable bonds is 6. The smallest absolute Gasteiger partial charge is 0.166 e. The fourth-order valence-electron chi connectivity index (χ4n) is 4.82. The summed E-state index contributed by atoms with van der Waals surface area (Å²) >= 11 is 0. The van der Waals surface area contributed by atoms with Gasteiger partial charge in [0.2, 0.25) is 0 Å². The Morgan fingerprint density at radius 3 is 2.52 bits per heavy atom. The molecule has 0 bridgehead atoms. The van der Waals surface area contributed by atoms with Crippen molar-refractivity contribution in [3.63, 3.8) is 0 Å². The summed E-state index contributed by atoms with van der Waals surface area (Å²) in [6, 6.07) is 4.05. The number of Topliss-reactive ketones (excluding diaryl/α,β-unsaturated/α-hetero) is 1. The maximum atomic E-state index is 12.9. The van der Waals surface area contributed by atoms with Gasteiger partial charge in [-0.25, -0.2) is 0 Å². The second-order valence-electron chi connectivity index (χ2n) is 8.31. The maximum absolute atomic E-state index is 12.9. The van der Waals surface area contributed by atoms with E-state index in [0.717, 1.165) is 23.3 Å². The van der Waals surface area contributed by atoms with Crippen LogP contribution in [0.4, 0.5) is 0 Å². The van der Waals surface area contributed by atoms with Gasteiger partial charge in [0.25, 0.3) is 0 Å². The zero-order valence-electron chi connectivity index (χ0n) is 17.1. The molecular formula is C21H30O6. The second-order valence-corrected chi connectivity index (χ2v) is 8.31. The first-order valence-corrected chi connectivity index (χ1v) is 9.27. The van der Waals surface area contributed by atoms with Crippen LogP contribution in [0.25, 0.3) is 0 Å². The lowest BCUT2D eigenvalue weighted by molar-refractivity contribution is -0.190. The maximum Gasteiger partial charge on any atom is 0.166 e. The van der Waals surface area contributed by atoms with Crippen molar-refractivity contribution >= 4 is 5.78 Å². The number of hydrogen-bond acceptors (Lipinski definition) is 6. The van der Waals surface area contributed by atoms with E-state index in [1.54, 1.807) is 21.3 Å². The first-order valence-electron chi connectivity index (χ1n) is 9.27. The molecule has 6 nitrogen and oxygen atoms in total. The monoisotopic (exact) mass is 378 g/mol. The molecule has 0 radical (unpaired) electrons. The van der Waals surface area contributed by atoms with E-state index < -0.39 is 17.1 Å². The summed E-state index contributed by atoms with van der Waals surface area (Å²) in [4.78, 5) is 12.9. The molecule has 1 aliphatic heterocycles. The highest BCUT2D eigenvalue weighted by atomic mass is 16.7. The molecule has 1 fully saturated rings. The lowest BCUT2D eigenvalue weighted by atomic mass is 9.57. The Bertz CT molecular complexity index is 713. The van der Waals surface area contributed by atoms with Gasteiger partial charge in [0, 0.05) is 32.0 Å². The number of fused-ring (bicyclic) bond motifs is 2. The first kappa shape index (κ1) is 20.1. The van der Waals surface area contributed by atoms with Gasteiger partial charge in [0.1, 0.15) is 18.5 Å². The van der Waals surface area contributed by atoms with E-state index in [9.17, 15) is 4.79 Å². The van der Waals surface area contributed by atoms with Crippen LogP contribution in [0.15, 0.2) is 12.1 Å². The van der Waals surface area contributed by atoms with E-state index in [0.29, 0.717) is 18.8 Å². The van der Waals surface area contributed by atoms with Crippen molar-refractivity contribution in [1.29, 1.82) is 0 Å². The molecule has 1 aromatic carbocycles. The molecule has 3 rings (SSSR count). The number of methoxy groups -OCH3 is 3. The number of ether oxygens (including phenoxy) is 5. The summed E-state index contributed by atoms with van der Waals surface area (Å²) in [5.74, 6) is 1.58. The minimum Gasteiger partial charge on any atom is -0.493 e. The normalized spacial score (nSPS) is 28.9. The highest BCUT2D eigenvalue weighted by Crippen LogP contribution is 2.54. The first-order chi connectivity index (χ1) is 12.8. The Morgan fingerprint density at radius 1 is 1.15 bits per heavy atom. The van der Waals surface area contributed by atoms with E-state index in [-0.39, 0.29) is 18.5 Å². The summed E-state index contributed by atoms with van der Waals surface area (Å²) in [6.07, 6.45) is 0.579. The van der Waals surface area contributed by atoms with Gasteiger partial charge in [-0.1, -0.05) is 13.8 Å². The van der Waals surface area contributed by atoms with Gasteiger partial charge in [-0.2, -0.15) is 0 Å². The zero-order chi connectivity index (χ0) is 19.8. The number of ketones is 1. The molecule has 1 saturated carbocycles. The summed E-state index contributed by atoms with van der Waals surface area (Å²) in [7, 11) is 4.87. The molecule has 3 atom stereocenters. The third-order valence-corrected chi connectivity index (χ3v) is 5.96. The fourth-order valence-corrected chi connectivity index (χ4v) is 4.82. The van der Waals surface area contributed by atoms with Gasteiger partial charge in [0.15, 0.2) is 17.3 Å². The topological polar surface area (TPSA) is 63.2 Å². The zero-order valence-corrected chi connectivity index (χ0v) is 17.1. The van der Waals surface area contributed by atoms with Crippen LogP contribution in [0.1, 0.15) is 38.3 Å². The summed E-state index contributed by atoms with van der Waals surface area (Å²) in [5.41, 5.74) is 1.12. The molecule has 1 heterocycles. The molecule has 2 aliphatic rings. The van der Waals surface area contributed by atoms with Crippen LogP contribution < -0.4 is 9.47 Å². The van der Waals surface area contributed by atoms with E-state index in [2.05, 4.69) is 19.9 Å². The number of hydrogen-bond donors (Lipinski definition) is 0. The van der Waals surface area contributed by atoms with Crippen LogP contribution in [0.3, 0.4) is 0 Å². The van der Waals surface area contributed by atoms with E-state index in [1.165, 1.54) is 0 Å². The molecule has 0 spiro atoms. The fraction of sp³-hybridized carbons (Fsp3) is 0.667. The molecule has 0 N–H and O–H groups in total. The second kappa shape index (κ2) is 7.41. The van der Waals surface area contributed by atoms with Crippen LogP contribution >= 0.6 is 0 Å². The molecule has 150 valence electrons. The molecule has 0 unspecified atom stereocenters. The van der Waals surface area contributed by atoms with Gasteiger partial charge < -0.3 is 23.7 Å². The minimum atomic E-state index is -0.601. The van der Waals surface area contributed by atoms with Crippen molar-refractivity contribution in [2.45, 2.75) is 51.9 Å². The summed E-state index contributed by atoms with van der Waals surface area (Å²) in [6.45, 7) is 6.80. The van der Waals surface area contributed by atoms with Crippen molar-refractivity contribution in [2.24, 2.45) is 11.3 Å². The average Bonchev–Trinajstić information content (AvgIpc) is 2.60. The Hall–Kier alpha value is -1.63. The van der Waals surface area contributed by atoms with Gasteiger partial charge >= 0.3 is 0 Å². The highest BCUT2D eigenvalue weighted by Gasteiger charge is 2.59. The molecule has 6 heteroatoms. The van der Waals surface area contributed by atoms with Crippen LogP contribution in [0.2, 0.25) is 0 Å². The van der Waals surface area contributed by atoms with E-state index in [4.69, 9.17) is 23.7 Å². The Balaban J connectivity index is 2.02. The quantitative estimate of drug-likeness (QED) is 0.709. The minimum absolute atomic E-state index is 0.0502. The van der Waals surface area contributed by atoms with Crippen molar-refractivity contribution in [1.82, 2.24) is 0 Å². The third kappa shape index (κ3) is 3.46. The van der Waals surface area contributed by atoms with Crippen LogP contribution in [0, 0.1) is 11.3 Å². The SMILES string of the molecule is COCO[C@@H]1C(=O)C[C@@]2(C)Oc3c(cc(COC)cc3OC)C[C@@H]2C1(C)C. The van der Waals surface area contributed by atoms with Crippen molar-refractivity contribution < 1.29 is 28.5 Å². The Kier molecular flexibility index (Phi) is 5.52. The predicted octanol–water partition coefficient (Wildman–Crippen LogP) is 3.14. The molecule has 0 amide bonds. The molecule has 27 heavy (non-hydrogen) atoms. The number of carbonyl (C=O) groups is 1. The number of carbonyl (C=O) groups excluding carboxylic acids is 1. The van der Waals surface area contributed by atoms with E-state index >= 15 is 0 Å². The molecule has 1 aromatic rings. The lowest BCUT2D eigenvalue weighted by Crippen LogP contribution is -2.62. The summed E-state index contributed by atoms with van der Waals surface area (Å²) < 4.78 is 28.1. The predicted molar refractivity (Wildman–Crippen MR) is 100 cm³/mol. The van der Waals surface area contributed by atoms with Gasteiger partial charge in [-0.15, -0.1) is 0 Å². The molecule has 1 aliphatic carbocycles. The van der Waals surface area contributed by atoms with E-state index in [1.807, 2.05) is 13.0 Å². The van der Waals surface area contributed by atoms with Crippen LogP contribution in [0.5, 0.6) is 11.5 Å². The number of benzene rings is 1. The molecule has 0 saturated heterocycles. The standard InChI is InChI=1S/C21H30O6/c1-20(2)17-9-14-7-13(11-23-4)8-16(25-6)18(14)27-21(17,3)10-15(22)19(20)26-12-24-5/h7-8,17,19H,9-12H2,1-6H3/t17-,19-,21-/m1/s1. The van der Waals surface area contributed by atoms with Crippen LogP contribution in [-0.4, -0.2) is 45.6 Å². The van der Waals surface area contributed by atoms with Gasteiger partial charge in [-0.3, -0.25) is 4.79 Å². The largest absolute Gasteiger partial charge is 0.493 e. The highest BCUT2D eigenvalue weighted by molar-refractivity contribution is 5.86. The third-order valence-electron chi connectivity index (χ3n) is 5.96. The van der Waals surface area contributed by atoms with Gasteiger partial charge in [0.05, 0.1) is 13.7 Å².